The fourth-order valence-corrected chi connectivity index (χ4v) is 3.32. The summed E-state index contributed by atoms with van der Waals surface area (Å²) in [5.41, 5.74) is 2.89. The molecule has 2 aromatic carbocycles. The summed E-state index contributed by atoms with van der Waals surface area (Å²) in [5.74, 6) is 0.407. The molecule has 1 atom stereocenters. The number of para-hydroxylation sites is 1. The topological polar surface area (TPSA) is 64.0 Å². The summed E-state index contributed by atoms with van der Waals surface area (Å²) in [4.78, 5) is 24.6. The molecule has 1 aliphatic carbocycles. The molecule has 3 aromatic rings. The summed E-state index contributed by atoms with van der Waals surface area (Å²) in [7, 11) is 0. The van der Waals surface area contributed by atoms with E-state index < -0.39 is 0 Å². The largest absolute Gasteiger partial charge is 0.347 e. The van der Waals surface area contributed by atoms with E-state index >= 15 is 0 Å². The van der Waals surface area contributed by atoms with Gasteiger partial charge in [-0.3, -0.25) is 14.3 Å². The molecular formula is C21H21N3O2. The van der Waals surface area contributed by atoms with Crippen LogP contribution in [-0.2, 0) is 11.3 Å². The fourth-order valence-electron chi connectivity index (χ4n) is 3.32. The van der Waals surface area contributed by atoms with Crippen LogP contribution in [0.15, 0.2) is 59.5 Å². The lowest BCUT2D eigenvalue weighted by atomic mass is 10.0. The first-order chi connectivity index (χ1) is 12.6. The van der Waals surface area contributed by atoms with Crippen molar-refractivity contribution in [3.8, 4) is 0 Å². The summed E-state index contributed by atoms with van der Waals surface area (Å²) in [6.45, 7) is 2.15. The highest BCUT2D eigenvalue weighted by Gasteiger charge is 2.33. The number of nitrogens with one attached hydrogen (secondary N) is 1. The Morgan fingerprint density at radius 3 is 2.65 bits per heavy atom. The second kappa shape index (κ2) is 6.75. The van der Waals surface area contributed by atoms with Crippen LogP contribution < -0.4 is 10.7 Å². The molecule has 4 rings (SSSR count). The SMILES string of the molecule is Cc1ccc(C(NC(=O)Cn2ncc(=O)c3ccccc32)C2CC2)cc1. The van der Waals surface area contributed by atoms with E-state index in [1.807, 2.05) is 18.2 Å². The van der Waals surface area contributed by atoms with E-state index in [0.717, 1.165) is 18.4 Å². The van der Waals surface area contributed by atoms with Crippen molar-refractivity contribution in [1.29, 1.82) is 0 Å². The molecule has 26 heavy (non-hydrogen) atoms. The van der Waals surface area contributed by atoms with Crippen LogP contribution in [0, 0.1) is 12.8 Å². The maximum Gasteiger partial charge on any atom is 0.242 e. The van der Waals surface area contributed by atoms with Crippen molar-refractivity contribution in [1.82, 2.24) is 15.1 Å². The lowest BCUT2D eigenvalue weighted by molar-refractivity contribution is -0.122. The van der Waals surface area contributed by atoms with E-state index in [1.165, 1.54) is 11.8 Å². The number of rotatable bonds is 5. The first-order valence-electron chi connectivity index (χ1n) is 8.92. The molecule has 1 amide bonds. The first kappa shape index (κ1) is 16.5. The minimum atomic E-state index is -0.132. The van der Waals surface area contributed by atoms with Crippen molar-refractivity contribution in [2.24, 2.45) is 5.92 Å². The predicted molar refractivity (Wildman–Crippen MR) is 101 cm³/mol. The number of hydrogen-bond donors (Lipinski definition) is 1. The average molecular weight is 347 g/mol. The van der Waals surface area contributed by atoms with Crippen LogP contribution in [0.1, 0.15) is 30.0 Å². The summed E-state index contributed by atoms with van der Waals surface area (Å²) in [5, 5.41) is 7.88. The first-order valence-corrected chi connectivity index (χ1v) is 8.92. The quantitative estimate of drug-likeness (QED) is 0.772. The molecule has 5 heteroatoms. The highest BCUT2D eigenvalue weighted by atomic mass is 16.2. The highest BCUT2D eigenvalue weighted by Crippen LogP contribution is 2.41. The van der Waals surface area contributed by atoms with Gasteiger partial charge in [0.15, 0.2) is 0 Å². The maximum absolute atomic E-state index is 12.7. The van der Waals surface area contributed by atoms with Crippen LogP contribution in [-0.4, -0.2) is 15.7 Å². The van der Waals surface area contributed by atoms with Gasteiger partial charge in [0.05, 0.1) is 17.8 Å². The van der Waals surface area contributed by atoms with E-state index in [1.54, 1.807) is 10.7 Å². The molecule has 1 aromatic heterocycles. The van der Waals surface area contributed by atoms with Gasteiger partial charge in [0.25, 0.3) is 0 Å². The van der Waals surface area contributed by atoms with Gasteiger partial charge in [-0.2, -0.15) is 5.10 Å². The third-order valence-electron chi connectivity index (χ3n) is 4.90. The Morgan fingerprint density at radius 2 is 1.92 bits per heavy atom. The number of carbonyl (C=O) groups excluding carboxylic acids is 1. The van der Waals surface area contributed by atoms with Gasteiger partial charge in [-0.25, -0.2) is 0 Å². The lowest BCUT2D eigenvalue weighted by Gasteiger charge is -2.19. The van der Waals surface area contributed by atoms with Crippen molar-refractivity contribution in [2.45, 2.75) is 32.4 Å². The van der Waals surface area contributed by atoms with Gasteiger partial charge in [0, 0.05) is 5.39 Å². The van der Waals surface area contributed by atoms with Gasteiger partial charge < -0.3 is 5.32 Å². The van der Waals surface area contributed by atoms with Crippen molar-refractivity contribution < 1.29 is 4.79 Å². The summed E-state index contributed by atoms with van der Waals surface area (Å²) >= 11 is 0. The van der Waals surface area contributed by atoms with Crippen LogP contribution in [0.2, 0.25) is 0 Å². The number of nitrogens with zero attached hydrogens (tertiary/aromatic N) is 2. The number of amides is 1. The van der Waals surface area contributed by atoms with E-state index in [-0.39, 0.29) is 23.9 Å². The molecule has 0 aliphatic heterocycles. The molecule has 1 saturated carbocycles. The van der Waals surface area contributed by atoms with Gasteiger partial charge in [0.2, 0.25) is 11.3 Å². The third-order valence-corrected chi connectivity index (χ3v) is 4.90. The molecule has 1 N–H and O–H groups in total. The Labute approximate surface area is 151 Å². The average Bonchev–Trinajstić information content (AvgIpc) is 3.48. The van der Waals surface area contributed by atoms with Gasteiger partial charge in [-0.15, -0.1) is 0 Å². The van der Waals surface area contributed by atoms with Crippen LogP contribution in [0.25, 0.3) is 10.9 Å². The zero-order chi connectivity index (χ0) is 18.1. The third kappa shape index (κ3) is 3.38. The molecule has 5 nitrogen and oxygen atoms in total. The van der Waals surface area contributed by atoms with Gasteiger partial charge in [0.1, 0.15) is 6.54 Å². The minimum Gasteiger partial charge on any atom is -0.347 e. The Hall–Kier alpha value is -2.95. The number of fused-ring (bicyclic) bond motifs is 1. The molecule has 132 valence electrons. The molecule has 0 saturated heterocycles. The van der Waals surface area contributed by atoms with Crippen molar-refractivity contribution in [2.75, 3.05) is 0 Å². The number of benzene rings is 2. The van der Waals surface area contributed by atoms with Crippen LogP contribution >= 0.6 is 0 Å². The Bertz CT molecular complexity index is 1000. The zero-order valence-corrected chi connectivity index (χ0v) is 14.7. The molecule has 1 heterocycles. The van der Waals surface area contributed by atoms with Crippen LogP contribution in [0.5, 0.6) is 0 Å². The summed E-state index contributed by atoms with van der Waals surface area (Å²) in [6, 6.07) is 15.6. The van der Waals surface area contributed by atoms with Crippen LogP contribution in [0.4, 0.5) is 0 Å². The number of aryl methyl sites for hydroxylation is 1. The second-order valence-electron chi connectivity index (χ2n) is 6.98. The Morgan fingerprint density at radius 1 is 1.19 bits per heavy atom. The predicted octanol–water partition coefficient (Wildman–Crippen LogP) is 2.97. The number of carbonyl (C=O) groups is 1. The van der Waals surface area contributed by atoms with Crippen LogP contribution in [0.3, 0.4) is 0 Å². The number of hydrogen-bond acceptors (Lipinski definition) is 3. The lowest BCUT2D eigenvalue weighted by Crippen LogP contribution is -2.33. The van der Waals surface area contributed by atoms with E-state index in [0.29, 0.717) is 16.8 Å². The molecule has 1 fully saturated rings. The Kier molecular flexibility index (Phi) is 4.29. The zero-order valence-electron chi connectivity index (χ0n) is 14.7. The molecule has 1 aliphatic rings. The molecule has 1 unspecified atom stereocenters. The van der Waals surface area contributed by atoms with E-state index in [2.05, 4.69) is 41.6 Å². The van der Waals surface area contributed by atoms with E-state index in [4.69, 9.17) is 0 Å². The summed E-state index contributed by atoms with van der Waals surface area (Å²) in [6.07, 6.45) is 3.55. The normalized spacial score (nSPS) is 15.0. The molecule has 0 radical (unpaired) electrons. The molecule has 0 bridgehead atoms. The summed E-state index contributed by atoms with van der Waals surface area (Å²) < 4.78 is 1.59. The Balaban J connectivity index is 1.56. The smallest absolute Gasteiger partial charge is 0.242 e. The van der Waals surface area contributed by atoms with Crippen molar-refractivity contribution in [3.05, 3.63) is 76.1 Å². The maximum atomic E-state index is 12.7. The van der Waals surface area contributed by atoms with E-state index in [9.17, 15) is 9.59 Å². The number of aromatic nitrogens is 2. The highest BCUT2D eigenvalue weighted by molar-refractivity contribution is 5.81. The fraction of sp³-hybridized carbons (Fsp3) is 0.286. The van der Waals surface area contributed by atoms with Gasteiger partial charge in [-0.1, -0.05) is 42.0 Å². The molecular weight excluding hydrogens is 326 g/mol. The van der Waals surface area contributed by atoms with Gasteiger partial charge >= 0.3 is 0 Å². The van der Waals surface area contributed by atoms with Crippen molar-refractivity contribution in [3.63, 3.8) is 0 Å². The second-order valence-corrected chi connectivity index (χ2v) is 6.98. The van der Waals surface area contributed by atoms with Gasteiger partial charge in [-0.05, 0) is 43.4 Å². The minimum absolute atomic E-state index is 0.0359. The standard InChI is InChI=1S/C21H21N3O2/c1-14-6-8-15(9-7-14)21(16-10-11-16)23-20(26)13-24-18-5-3-2-4-17(18)19(25)12-22-24/h2-9,12,16,21H,10-11,13H2,1H3,(H,23,26). The van der Waals surface area contributed by atoms with Crippen molar-refractivity contribution >= 4 is 16.8 Å². The molecule has 0 spiro atoms. The monoisotopic (exact) mass is 347 g/mol.